The van der Waals surface area contributed by atoms with E-state index in [4.69, 9.17) is 11.2 Å². The van der Waals surface area contributed by atoms with E-state index in [0.717, 1.165) is 0 Å². The van der Waals surface area contributed by atoms with Gasteiger partial charge in [-0.25, -0.2) is 0 Å². The SMILES string of the molecule is ClPc1ccccc1-n1cccc1. The van der Waals surface area contributed by atoms with Crippen LogP contribution in [-0.4, -0.2) is 4.57 Å². The fraction of sp³-hybridized carbons (Fsp3) is 0. The molecule has 0 aliphatic heterocycles. The zero-order valence-electron chi connectivity index (χ0n) is 6.94. The number of aromatic nitrogens is 1. The fourth-order valence-electron chi connectivity index (χ4n) is 1.27. The van der Waals surface area contributed by atoms with E-state index in [-0.39, 0.29) is 0 Å². The number of benzene rings is 1. The Balaban J connectivity index is 2.51. The number of para-hydroxylation sites is 1. The van der Waals surface area contributed by atoms with Crippen molar-refractivity contribution in [3.05, 3.63) is 48.8 Å². The van der Waals surface area contributed by atoms with Gasteiger partial charge in [0, 0.05) is 25.6 Å². The topological polar surface area (TPSA) is 4.93 Å². The Morgan fingerprint density at radius 1 is 1.00 bits per heavy atom. The average Bonchev–Trinajstić information content (AvgIpc) is 2.70. The van der Waals surface area contributed by atoms with Crippen LogP contribution in [0, 0.1) is 0 Å². The van der Waals surface area contributed by atoms with Crippen LogP contribution in [0.5, 0.6) is 0 Å². The third kappa shape index (κ3) is 1.77. The lowest BCUT2D eigenvalue weighted by molar-refractivity contribution is 1.09. The molecular weight excluding hydrogens is 201 g/mol. The highest BCUT2D eigenvalue weighted by atomic mass is 35.7. The lowest BCUT2D eigenvalue weighted by atomic mass is 10.3. The second kappa shape index (κ2) is 3.95. The maximum absolute atomic E-state index is 5.86. The van der Waals surface area contributed by atoms with E-state index in [2.05, 4.69) is 16.7 Å². The standard InChI is InChI=1S/C10H9ClNP/c11-13-10-6-2-1-5-9(10)12-7-3-4-8-12/h1-8,13H. The summed E-state index contributed by atoms with van der Waals surface area (Å²) in [6, 6.07) is 12.2. The number of hydrogen-bond donors (Lipinski definition) is 0. The van der Waals surface area contributed by atoms with Crippen LogP contribution in [0.1, 0.15) is 0 Å². The van der Waals surface area contributed by atoms with Crippen LogP contribution in [0.15, 0.2) is 48.8 Å². The average molecular weight is 210 g/mol. The van der Waals surface area contributed by atoms with Crippen LogP contribution < -0.4 is 5.30 Å². The van der Waals surface area contributed by atoms with Crippen molar-refractivity contribution in [3.63, 3.8) is 0 Å². The molecule has 1 aromatic carbocycles. The van der Waals surface area contributed by atoms with E-state index < -0.39 is 0 Å². The van der Waals surface area contributed by atoms with Crippen LogP contribution in [0.2, 0.25) is 0 Å². The molecular formula is C10H9ClNP. The zero-order chi connectivity index (χ0) is 9.10. The molecule has 0 saturated heterocycles. The van der Waals surface area contributed by atoms with E-state index in [1.807, 2.05) is 36.7 Å². The van der Waals surface area contributed by atoms with E-state index in [0.29, 0.717) is 7.93 Å². The monoisotopic (exact) mass is 209 g/mol. The summed E-state index contributed by atoms with van der Waals surface area (Å²) in [7, 11) is 0.318. The Kier molecular flexibility index (Phi) is 2.68. The number of rotatable bonds is 2. The summed E-state index contributed by atoms with van der Waals surface area (Å²) in [6.45, 7) is 0. The predicted octanol–water partition coefficient (Wildman–Crippen LogP) is 2.93. The van der Waals surface area contributed by atoms with Gasteiger partial charge in [0.15, 0.2) is 0 Å². The minimum atomic E-state index is 0.318. The van der Waals surface area contributed by atoms with Gasteiger partial charge in [0.2, 0.25) is 0 Å². The molecule has 0 N–H and O–H groups in total. The molecule has 2 aromatic rings. The molecule has 0 spiro atoms. The molecule has 13 heavy (non-hydrogen) atoms. The summed E-state index contributed by atoms with van der Waals surface area (Å²) in [5, 5.41) is 1.18. The first kappa shape index (κ1) is 8.80. The molecule has 1 unspecified atom stereocenters. The maximum atomic E-state index is 5.86. The molecule has 0 bridgehead atoms. The van der Waals surface area contributed by atoms with Gasteiger partial charge < -0.3 is 4.57 Å². The van der Waals surface area contributed by atoms with Crippen molar-refractivity contribution in [1.29, 1.82) is 0 Å². The van der Waals surface area contributed by atoms with Gasteiger partial charge in [-0.05, 0) is 18.2 Å². The molecule has 0 aliphatic rings. The molecule has 0 saturated carbocycles. The first-order valence-corrected chi connectivity index (χ1v) is 6.02. The van der Waals surface area contributed by atoms with Gasteiger partial charge in [0.1, 0.15) is 0 Å². The van der Waals surface area contributed by atoms with Crippen molar-refractivity contribution in [2.24, 2.45) is 0 Å². The molecule has 66 valence electrons. The molecule has 3 heteroatoms. The molecule has 0 amide bonds. The van der Waals surface area contributed by atoms with Crippen molar-refractivity contribution >= 4 is 24.5 Å². The van der Waals surface area contributed by atoms with Crippen LogP contribution in [0.3, 0.4) is 0 Å². The fourth-order valence-corrected chi connectivity index (χ4v) is 2.22. The second-order valence-electron chi connectivity index (χ2n) is 2.70. The maximum Gasteiger partial charge on any atom is 0.0535 e. The number of halogens is 1. The molecule has 1 atom stereocenters. The Labute approximate surface area is 83.9 Å². The Morgan fingerprint density at radius 3 is 2.38 bits per heavy atom. The summed E-state index contributed by atoms with van der Waals surface area (Å²) in [6.07, 6.45) is 4.05. The zero-order valence-corrected chi connectivity index (χ0v) is 8.70. The molecule has 1 nitrogen and oxygen atoms in total. The molecule has 1 heterocycles. The largest absolute Gasteiger partial charge is 0.323 e. The minimum absolute atomic E-state index is 0.318. The lowest BCUT2D eigenvalue weighted by Crippen LogP contribution is -2.03. The molecule has 2 rings (SSSR count). The molecule has 0 aliphatic carbocycles. The van der Waals surface area contributed by atoms with E-state index in [1.54, 1.807) is 0 Å². The molecule has 0 radical (unpaired) electrons. The van der Waals surface area contributed by atoms with Crippen molar-refractivity contribution in [2.75, 3.05) is 0 Å². The second-order valence-corrected chi connectivity index (χ2v) is 4.00. The molecule has 0 fully saturated rings. The van der Waals surface area contributed by atoms with Crippen molar-refractivity contribution in [1.82, 2.24) is 4.57 Å². The minimum Gasteiger partial charge on any atom is -0.323 e. The summed E-state index contributed by atoms with van der Waals surface area (Å²) in [5.41, 5.74) is 1.17. The first-order valence-electron chi connectivity index (χ1n) is 4.01. The van der Waals surface area contributed by atoms with Gasteiger partial charge in [-0.3, -0.25) is 0 Å². The smallest absolute Gasteiger partial charge is 0.0535 e. The number of nitrogens with zero attached hydrogens (tertiary/aromatic N) is 1. The Bertz CT molecular complexity index is 384. The third-order valence-corrected chi connectivity index (χ3v) is 3.13. The first-order chi connectivity index (χ1) is 6.42. The van der Waals surface area contributed by atoms with Crippen LogP contribution in [0.25, 0.3) is 5.69 Å². The van der Waals surface area contributed by atoms with Gasteiger partial charge in [0.05, 0.1) is 5.69 Å². The Morgan fingerprint density at radius 2 is 1.69 bits per heavy atom. The van der Waals surface area contributed by atoms with Gasteiger partial charge in [-0.1, -0.05) is 29.4 Å². The van der Waals surface area contributed by atoms with Gasteiger partial charge >= 0.3 is 0 Å². The van der Waals surface area contributed by atoms with Gasteiger partial charge in [-0.15, -0.1) is 0 Å². The van der Waals surface area contributed by atoms with Gasteiger partial charge in [-0.2, -0.15) is 0 Å². The summed E-state index contributed by atoms with van der Waals surface area (Å²) in [4.78, 5) is 0. The van der Waals surface area contributed by atoms with Crippen LogP contribution in [-0.2, 0) is 0 Å². The quantitative estimate of drug-likeness (QED) is 0.671. The Hall–Kier alpha value is -0.780. The highest BCUT2D eigenvalue weighted by Crippen LogP contribution is 2.20. The van der Waals surface area contributed by atoms with Crippen molar-refractivity contribution < 1.29 is 0 Å². The highest BCUT2D eigenvalue weighted by Gasteiger charge is 2.00. The van der Waals surface area contributed by atoms with Gasteiger partial charge in [0.25, 0.3) is 0 Å². The van der Waals surface area contributed by atoms with Crippen molar-refractivity contribution in [3.8, 4) is 5.69 Å². The van der Waals surface area contributed by atoms with Crippen LogP contribution >= 0.6 is 19.2 Å². The van der Waals surface area contributed by atoms with Crippen molar-refractivity contribution in [2.45, 2.75) is 0 Å². The summed E-state index contributed by atoms with van der Waals surface area (Å²) < 4.78 is 2.07. The van der Waals surface area contributed by atoms with Crippen LogP contribution in [0.4, 0.5) is 0 Å². The van der Waals surface area contributed by atoms with E-state index >= 15 is 0 Å². The predicted molar refractivity (Wildman–Crippen MR) is 59.6 cm³/mol. The number of hydrogen-bond acceptors (Lipinski definition) is 0. The summed E-state index contributed by atoms with van der Waals surface area (Å²) >= 11 is 5.86. The third-order valence-electron chi connectivity index (χ3n) is 1.89. The normalized spacial score (nSPS) is 11.2. The van der Waals surface area contributed by atoms with E-state index in [1.165, 1.54) is 11.0 Å². The highest BCUT2D eigenvalue weighted by molar-refractivity contribution is 7.75. The molecule has 1 aromatic heterocycles. The van der Waals surface area contributed by atoms with E-state index in [9.17, 15) is 0 Å². The summed E-state index contributed by atoms with van der Waals surface area (Å²) in [5.74, 6) is 0. The lowest BCUT2D eigenvalue weighted by Gasteiger charge is -2.06.